The summed E-state index contributed by atoms with van der Waals surface area (Å²) in [6.07, 6.45) is 2.52. The second-order valence-electron chi connectivity index (χ2n) is 5.66. The first-order chi connectivity index (χ1) is 11.1. The molecule has 0 radical (unpaired) electrons. The Labute approximate surface area is 135 Å². The van der Waals surface area contributed by atoms with Gasteiger partial charge in [-0.2, -0.15) is 5.10 Å². The highest BCUT2D eigenvalue weighted by molar-refractivity contribution is 6.05. The van der Waals surface area contributed by atoms with E-state index < -0.39 is 0 Å². The summed E-state index contributed by atoms with van der Waals surface area (Å²) in [6.45, 7) is 3.95. The maximum atomic E-state index is 12.8. The molecule has 0 aliphatic carbocycles. The van der Waals surface area contributed by atoms with Gasteiger partial charge < -0.3 is 5.32 Å². The summed E-state index contributed by atoms with van der Waals surface area (Å²) in [5.74, 6) is -0.0933. The van der Waals surface area contributed by atoms with Gasteiger partial charge in [-0.05, 0) is 25.0 Å². The lowest BCUT2D eigenvalue weighted by Gasteiger charge is -2.18. The van der Waals surface area contributed by atoms with Crippen molar-refractivity contribution in [1.82, 2.24) is 20.1 Å². The molecule has 0 aliphatic rings. The number of pyridine rings is 1. The van der Waals surface area contributed by atoms with E-state index >= 15 is 0 Å². The predicted molar refractivity (Wildman–Crippen MR) is 90.2 cm³/mol. The maximum Gasteiger partial charge on any atom is 0.252 e. The molecule has 1 atom stereocenters. The van der Waals surface area contributed by atoms with Crippen molar-refractivity contribution < 1.29 is 4.79 Å². The molecular weight excluding hydrogens is 288 g/mol. The van der Waals surface area contributed by atoms with Crippen LogP contribution in [-0.2, 0) is 7.05 Å². The lowest BCUT2D eigenvalue weighted by atomic mass is 10.0. The summed E-state index contributed by atoms with van der Waals surface area (Å²) in [6, 6.07) is 11.8. The minimum Gasteiger partial charge on any atom is -0.345 e. The minimum absolute atomic E-state index is 0.0103. The van der Waals surface area contributed by atoms with Crippen molar-refractivity contribution in [2.24, 2.45) is 7.05 Å². The van der Waals surface area contributed by atoms with Crippen molar-refractivity contribution in [2.75, 3.05) is 0 Å². The van der Waals surface area contributed by atoms with Gasteiger partial charge in [-0.25, -0.2) is 4.98 Å². The van der Waals surface area contributed by atoms with E-state index in [1.54, 1.807) is 10.9 Å². The highest BCUT2D eigenvalue weighted by Crippen LogP contribution is 2.21. The average molecular weight is 308 g/mol. The number of amides is 1. The van der Waals surface area contributed by atoms with Crippen LogP contribution in [0.25, 0.3) is 11.0 Å². The Balaban J connectivity index is 1.94. The van der Waals surface area contributed by atoms with E-state index in [4.69, 9.17) is 0 Å². The van der Waals surface area contributed by atoms with E-state index in [-0.39, 0.29) is 11.9 Å². The molecule has 1 amide bonds. The third-order valence-corrected chi connectivity index (χ3v) is 3.99. The molecule has 0 saturated heterocycles. The topological polar surface area (TPSA) is 59.8 Å². The van der Waals surface area contributed by atoms with Crippen LogP contribution in [0, 0.1) is 6.92 Å². The van der Waals surface area contributed by atoms with Gasteiger partial charge in [0.1, 0.15) is 0 Å². The Morgan fingerprint density at radius 1 is 1.30 bits per heavy atom. The van der Waals surface area contributed by atoms with Gasteiger partial charge in [-0.3, -0.25) is 9.48 Å². The molecular formula is C18H20N4O. The van der Waals surface area contributed by atoms with Crippen LogP contribution in [0.4, 0.5) is 0 Å². The minimum atomic E-state index is -0.0933. The Morgan fingerprint density at radius 2 is 2.04 bits per heavy atom. The fourth-order valence-electron chi connectivity index (χ4n) is 2.77. The van der Waals surface area contributed by atoms with Crippen molar-refractivity contribution in [1.29, 1.82) is 0 Å². The summed E-state index contributed by atoms with van der Waals surface area (Å²) < 4.78 is 1.69. The zero-order valence-corrected chi connectivity index (χ0v) is 13.6. The molecule has 0 aliphatic heterocycles. The lowest BCUT2D eigenvalue weighted by Crippen LogP contribution is -2.28. The van der Waals surface area contributed by atoms with E-state index in [0.717, 1.165) is 28.7 Å². The number of fused-ring (bicyclic) bond motifs is 1. The molecule has 0 saturated carbocycles. The summed E-state index contributed by atoms with van der Waals surface area (Å²) in [4.78, 5) is 17.2. The number of carbonyl (C=O) groups is 1. The van der Waals surface area contributed by atoms with E-state index in [1.807, 2.05) is 50.4 Å². The molecule has 3 aromatic rings. The quantitative estimate of drug-likeness (QED) is 0.805. The summed E-state index contributed by atoms with van der Waals surface area (Å²) in [7, 11) is 1.83. The predicted octanol–water partition coefficient (Wildman–Crippen LogP) is 3.16. The molecule has 23 heavy (non-hydrogen) atoms. The molecule has 2 aromatic heterocycles. The Kier molecular flexibility index (Phi) is 4.10. The highest BCUT2D eigenvalue weighted by atomic mass is 16.1. The fourth-order valence-corrected chi connectivity index (χ4v) is 2.77. The van der Waals surface area contributed by atoms with E-state index in [0.29, 0.717) is 5.56 Å². The third kappa shape index (κ3) is 2.95. The van der Waals surface area contributed by atoms with Crippen LogP contribution < -0.4 is 5.32 Å². The number of nitrogens with one attached hydrogen (secondary N) is 1. The monoisotopic (exact) mass is 308 g/mol. The molecule has 5 heteroatoms. The normalized spacial score (nSPS) is 12.3. The molecule has 0 unspecified atom stereocenters. The molecule has 0 spiro atoms. The van der Waals surface area contributed by atoms with Crippen LogP contribution in [0.1, 0.15) is 41.0 Å². The standard InChI is InChI=1S/C18H20N4O/c1-4-16(13-8-6-5-7-9-13)21-18(23)14-10-12(2)20-17-15(14)11-19-22(17)3/h5-11,16H,4H2,1-3H3,(H,21,23)/t16-/m0/s1. The SMILES string of the molecule is CC[C@H](NC(=O)c1cc(C)nc2c1cnn2C)c1ccccc1. The summed E-state index contributed by atoms with van der Waals surface area (Å²) in [5, 5.41) is 8.11. The van der Waals surface area contributed by atoms with Crippen molar-refractivity contribution in [3.05, 3.63) is 59.4 Å². The molecule has 5 nitrogen and oxygen atoms in total. The number of nitrogens with zero attached hydrogens (tertiary/aromatic N) is 3. The first-order valence-corrected chi connectivity index (χ1v) is 7.75. The van der Waals surface area contributed by atoms with E-state index in [2.05, 4.69) is 22.3 Å². The van der Waals surface area contributed by atoms with E-state index in [1.165, 1.54) is 0 Å². The second-order valence-corrected chi connectivity index (χ2v) is 5.66. The summed E-state index contributed by atoms with van der Waals surface area (Å²) >= 11 is 0. The Hall–Kier alpha value is -2.69. The van der Waals surface area contributed by atoms with Crippen LogP contribution >= 0.6 is 0 Å². The number of hydrogen-bond donors (Lipinski definition) is 1. The van der Waals surface area contributed by atoms with Gasteiger partial charge in [0.2, 0.25) is 0 Å². The van der Waals surface area contributed by atoms with Gasteiger partial charge in [0, 0.05) is 12.7 Å². The number of hydrogen-bond acceptors (Lipinski definition) is 3. The Morgan fingerprint density at radius 3 is 2.74 bits per heavy atom. The molecule has 118 valence electrons. The third-order valence-electron chi connectivity index (χ3n) is 3.99. The van der Waals surface area contributed by atoms with Crippen molar-refractivity contribution >= 4 is 16.9 Å². The number of aryl methyl sites for hydroxylation is 2. The Bertz CT molecular complexity index is 839. The average Bonchev–Trinajstić information content (AvgIpc) is 2.93. The van der Waals surface area contributed by atoms with Gasteiger partial charge in [0.25, 0.3) is 5.91 Å². The van der Waals surface area contributed by atoms with Crippen LogP contribution in [0.2, 0.25) is 0 Å². The van der Waals surface area contributed by atoms with Gasteiger partial charge >= 0.3 is 0 Å². The smallest absolute Gasteiger partial charge is 0.252 e. The summed E-state index contributed by atoms with van der Waals surface area (Å²) in [5.41, 5.74) is 3.26. The van der Waals surface area contributed by atoms with Gasteiger partial charge in [0.05, 0.1) is 23.2 Å². The number of rotatable bonds is 4. The largest absolute Gasteiger partial charge is 0.345 e. The molecule has 0 bridgehead atoms. The zero-order chi connectivity index (χ0) is 16.4. The van der Waals surface area contributed by atoms with Gasteiger partial charge in [0.15, 0.2) is 5.65 Å². The van der Waals surface area contributed by atoms with Crippen molar-refractivity contribution in [3.8, 4) is 0 Å². The zero-order valence-electron chi connectivity index (χ0n) is 13.6. The highest BCUT2D eigenvalue weighted by Gasteiger charge is 2.18. The molecule has 2 heterocycles. The van der Waals surface area contributed by atoms with Crippen molar-refractivity contribution in [2.45, 2.75) is 26.3 Å². The molecule has 1 N–H and O–H groups in total. The first-order valence-electron chi connectivity index (χ1n) is 7.75. The number of carbonyl (C=O) groups excluding carboxylic acids is 1. The van der Waals surface area contributed by atoms with Crippen LogP contribution in [0.3, 0.4) is 0 Å². The number of aromatic nitrogens is 3. The number of benzene rings is 1. The molecule has 3 rings (SSSR count). The fraction of sp³-hybridized carbons (Fsp3) is 0.278. The van der Waals surface area contributed by atoms with Gasteiger partial charge in [-0.15, -0.1) is 0 Å². The van der Waals surface area contributed by atoms with Crippen molar-refractivity contribution in [3.63, 3.8) is 0 Å². The van der Waals surface area contributed by atoms with Crippen LogP contribution in [0.15, 0.2) is 42.6 Å². The maximum absolute atomic E-state index is 12.8. The molecule has 0 fully saturated rings. The van der Waals surface area contributed by atoms with Crippen LogP contribution in [0.5, 0.6) is 0 Å². The van der Waals surface area contributed by atoms with Gasteiger partial charge in [-0.1, -0.05) is 37.3 Å². The lowest BCUT2D eigenvalue weighted by molar-refractivity contribution is 0.0937. The van der Waals surface area contributed by atoms with E-state index in [9.17, 15) is 4.79 Å². The second kappa shape index (κ2) is 6.20. The van der Waals surface area contributed by atoms with Crippen LogP contribution in [-0.4, -0.2) is 20.7 Å². The first kappa shape index (κ1) is 15.2. The molecule has 1 aromatic carbocycles.